The third-order valence-electron chi connectivity index (χ3n) is 3.21. The van der Waals surface area contributed by atoms with Gasteiger partial charge in [-0.25, -0.2) is 0 Å². The molecule has 0 bridgehead atoms. The summed E-state index contributed by atoms with van der Waals surface area (Å²) >= 11 is 0. The Morgan fingerprint density at radius 2 is 2.07 bits per heavy atom. The van der Waals surface area contributed by atoms with Crippen LogP contribution in [0.4, 0.5) is 0 Å². The van der Waals surface area contributed by atoms with Gasteiger partial charge in [-0.2, -0.15) is 0 Å². The van der Waals surface area contributed by atoms with Crippen molar-refractivity contribution in [2.24, 2.45) is 10.7 Å². The van der Waals surface area contributed by atoms with Crippen LogP contribution in [0.25, 0.3) is 0 Å². The van der Waals surface area contributed by atoms with Gasteiger partial charge in [-0.1, -0.05) is 27.2 Å². The molecule has 3 nitrogen and oxygen atoms in total. The van der Waals surface area contributed by atoms with Crippen molar-refractivity contribution in [2.75, 3.05) is 13.1 Å². The van der Waals surface area contributed by atoms with Crippen LogP contribution >= 0.6 is 0 Å². The maximum absolute atomic E-state index is 5.92. The standard InChI is InChI=1S/C11H23N3/c1-4-7-11(6-3)9-13-10(12)14(11)8-5-2/h4-9H2,1-3H3,(H2,12,13). The van der Waals surface area contributed by atoms with Crippen LogP contribution in [0.1, 0.15) is 46.5 Å². The molecular formula is C11H23N3. The summed E-state index contributed by atoms with van der Waals surface area (Å²) in [5.74, 6) is 0.752. The highest BCUT2D eigenvalue weighted by Gasteiger charge is 2.38. The molecule has 0 saturated carbocycles. The molecular weight excluding hydrogens is 174 g/mol. The fourth-order valence-electron chi connectivity index (χ4n) is 2.38. The fourth-order valence-corrected chi connectivity index (χ4v) is 2.38. The second-order valence-electron chi connectivity index (χ2n) is 4.15. The van der Waals surface area contributed by atoms with E-state index >= 15 is 0 Å². The fraction of sp³-hybridized carbons (Fsp3) is 0.909. The topological polar surface area (TPSA) is 41.6 Å². The molecule has 0 spiro atoms. The quantitative estimate of drug-likeness (QED) is 0.732. The zero-order chi connectivity index (χ0) is 10.6. The monoisotopic (exact) mass is 197 g/mol. The molecule has 14 heavy (non-hydrogen) atoms. The van der Waals surface area contributed by atoms with Crippen molar-refractivity contribution >= 4 is 5.96 Å². The van der Waals surface area contributed by atoms with Crippen LogP contribution in [-0.4, -0.2) is 29.5 Å². The summed E-state index contributed by atoms with van der Waals surface area (Å²) in [7, 11) is 0. The SMILES string of the molecule is CCCN1C(N)=NCC1(CC)CCC. The van der Waals surface area contributed by atoms with Crippen molar-refractivity contribution in [3.63, 3.8) is 0 Å². The van der Waals surface area contributed by atoms with Gasteiger partial charge in [0.1, 0.15) is 0 Å². The molecule has 0 aliphatic carbocycles. The van der Waals surface area contributed by atoms with Crippen LogP contribution in [0.5, 0.6) is 0 Å². The number of hydrogen-bond acceptors (Lipinski definition) is 3. The lowest BCUT2D eigenvalue weighted by Gasteiger charge is -2.38. The highest BCUT2D eigenvalue weighted by molar-refractivity contribution is 5.81. The van der Waals surface area contributed by atoms with Crippen LogP contribution in [-0.2, 0) is 0 Å². The number of guanidine groups is 1. The van der Waals surface area contributed by atoms with Crippen molar-refractivity contribution in [1.29, 1.82) is 0 Å². The molecule has 1 unspecified atom stereocenters. The molecule has 1 aliphatic rings. The summed E-state index contributed by atoms with van der Waals surface area (Å²) in [6, 6.07) is 0. The highest BCUT2D eigenvalue weighted by Crippen LogP contribution is 2.30. The van der Waals surface area contributed by atoms with E-state index in [0.29, 0.717) is 0 Å². The van der Waals surface area contributed by atoms with Crippen molar-refractivity contribution in [2.45, 2.75) is 52.0 Å². The van der Waals surface area contributed by atoms with E-state index in [9.17, 15) is 0 Å². The van der Waals surface area contributed by atoms with Crippen LogP contribution < -0.4 is 5.73 Å². The second kappa shape index (κ2) is 4.67. The van der Waals surface area contributed by atoms with Gasteiger partial charge in [0.05, 0.1) is 12.1 Å². The molecule has 0 radical (unpaired) electrons. The Morgan fingerprint density at radius 3 is 2.57 bits per heavy atom. The second-order valence-corrected chi connectivity index (χ2v) is 4.15. The first-order valence-electron chi connectivity index (χ1n) is 5.77. The summed E-state index contributed by atoms with van der Waals surface area (Å²) in [5, 5.41) is 0. The van der Waals surface area contributed by atoms with Crippen molar-refractivity contribution in [3.8, 4) is 0 Å². The molecule has 1 atom stereocenters. The predicted molar refractivity (Wildman–Crippen MR) is 61.4 cm³/mol. The maximum atomic E-state index is 5.92. The number of rotatable bonds is 5. The van der Waals surface area contributed by atoms with E-state index in [1.165, 1.54) is 12.8 Å². The van der Waals surface area contributed by atoms with Crippen LogP contribution in [0.15, 0.2) is 4.99 Å². The lowest BCUT2D eigenvalue weighted by molar-refractivity contribution is 0.177. The van der Waals surface area contributed by atoms with Gasteiger partial charge in [0, 0.05) is 6.54 Å². The minimum Gasteiger partial charge on any atom is -0.370 e. The molecule has 0 aromatic carbocycles. The normalized spacial score (nSPS) is 26.8. The summed E-state index contributed by atoms with van der Waals surface area (Å²) in [4.78, 5) is 6.72. The van der Waals surface area contributed by atoms with Gasteiger partial charge in [-0.05, 0) is 19.3 Å². The molecule has 3 heteroatoms. The Labute approximate surface area is 87.4 Å². The number of hydrogen-bond donors (Lipinski definition) is 1. The van der Waals surface area contributed by atoms with Gasteiger partial charge in [0.25, 0.3) is 0 Å². The van der Waals surface area contributed by atoms with Gasteiger partial charge in [-0.3, -0.25) is 4.99 Å². The third-order valence-corrected chi connectivity index (χ3v) is 3.21. The maximum Gasteiger partial charge on any atom is 0.191 e. The van der Waals surface area contributed by atoms with E-state index < -0.39 is 0 Å². The Bertz CT molecular complexity index is 213. The molecule has 0 fully saturated rings. The smallest absolute Gasteiger partial charge is 0.191 e. The van der Waals surface area contributed by atoms with E-state index in [4.69, 9.17) is 5.73 Å². The van der Waals surface area contributed by atoms with Crippen molar-refractivity contribution in [1.82, 2.24) is 4.90 Å². The molecule has 1 aliphatic heterocycles. The first-order chi connectivity index (χ1) is 6.70. The zero-order valence-corrected chi connectivity index (χ0v) is 9.71. The van der Waals surface area contributed by atoms with Crippen molar-refractivity contribution in [3.05, 3.63) is 0 Å². The van der Waals surface area contributed by atoms with Gasteiger partial charge in [-0.15, -0.1) is 0 Å². The molecule has 1 heterocycles. The van der Waals surface area contributed by atoms with Gasteiger partial charge in [0.15, 0.2) is 5.96 Å². The molecule has 0 aromatic heterocycles. The van der Waals surface area contributed by atoms with Crippen LogP contribution in [0, 0.1) is 0 Å². The summed E-state index contributed by atoms with van der Waals surface area (Å²) in [5.41, 5.74) is 6.15. The highest BCUT2D eigenvalue weighted by atomic mass is 15.4. The van der Waals surface area contributed by atoms with Crippen LogP contribution in [0.3, 0.4) is 0 Å². The molecule has 1 rings (SSSR count). The first kappa shape index (κ1) is 11.3. The summed E-state index contributed by atoms with van der Waals surface area (Å²) in [6.07, 6.45) is 4.69. The molecule has 82 valence electrons. The lowest BCUT2D eigenvalue weighted by atomic mass is 9.89. The van der Waals surface area contributed by atoms with E-state index in [2.05, 4.69) is 30.7 Å². The molecule has 0 aromatic rings. The van der Waals surface area contributed by atoms with Gasteiger partial charge >= 0.3 is 0 Å². The Morgan fingerprint density at radius 1 is 1.36 bits per heavy atom. The minimum absolute atomic E-state index is 0.231. The number of aliphatic imine (C=N–C) groups is 1. The van der Waals surface area contributed by atoms with Gasteiger partial charge in [0.2, 0.25) is 0 Å². The average molecular weight is 197 g/mol. The lowest BCUT2D eigenvalue weighted by Crippen LogP contribution is -2.51. The van der Waals surface area contributed by atoms with Crippen molar-refractivity contribution < 1.29 is 0 Å². The first-order valence-corrected chi connectivity index (χ1v) is 5.77. The van der Waals surface area contributed by atoms with E-state index in [1.807, 2.05) is 0 Å². The zero-order valence-electron chi connectivity index (χ0n) is 9.71. The Hall–Kier alpha value is -0.730. The predicted octanol–water partition coefficient (Wildman–Crippen LogP) is 1.98. The van der Waals surface area contributed by atoms with Crippen LogP contribution in [0.2, 0.25) is 0 Å². The summed E-state index contributed by atoms with van der Waals surface area (Å²) in [6.45, 7) is 8.60. The van der Waals surface area contributed by atoms with E-state index in [0.717, 1.165) is 31.9 Å². The number of nitrogens with zero attached hydrogens (tertiary/aromatic N) is 2. The summed E-state index contributed by atoms with van der Waals surface area (Å²) < 4.78 is 0. The molecule has 2 N–H and O–H groups in total. The van der Waals surface area contributed by atoms with E-state index in [1.54, 1.807) is 0 Å². The van der Waals surface area contributed by atoms with Gasteiger partial charge < -0.3 is 10.6 Å². The molecule has 0 amide bonds. The Kier molecular flexibility index (Phi) is 3.78. The third kappa shape index (κ3) is 1.86. The average Bonchev–Trinajstić information content (AvgIpc) is 2.48. The largest absolute Gasteiger partial charge is 0.370 e. The minimum atomic E-state index is 0.231. The van der Waals surface area contributed by atoms with E-state index in [-0.39, 0.29) is 5.54 Å². The number of nitrogens with two attached hydrogens (primary N) is 1. The molecule has 0 saturated heterocycles. The Balaban J connectivity index is 2.76.